The molecule has 3 N–H and O–H groups in total. The van der Waals surface area contributed by atoms with Gasteiger partial charge < -0.3 is 24.5 Å². The van der Waals surface area contributed by atoms with E-state index in [9.17, 15) is 15.3 Å². The molecule has 220 valence electrons. The number of aliphatic hydroxyl groups is 3. The van der Waals surface area contributed by atoms with Crippen molar-refractivity contribution in [2.75, 3.05) is 39.9 Å². The Hall–Kier alpha value is -0.200. The molecule has 4 aliphatic carbocycles. The highest BCUT2D eigenvalue weighted by Crippen LogP contribution is 2.78. The molecule has 1 aliphatic heterocycles. The summed E-state index contributed by atoms with van der Waals surface area (Å²) in [7, 11) is 2.19. The molecule has 5 rings (SSSR count). The molecule has 4 saturated carbocycles. The smallest absolute Gasteiger partial charge is 0.147 e. The standard InChI is InChI=1S/C33H60NO4/c1-23(2)8-7-9-24(3)27-10-11-28-26-21-32(22-34(6,16-18-35)17-19-36)33(38-32)20-25(37)12-15-31(33,5)29(26)13-14-30(27,28)4/h23-29,35-37H,7-22H2,1-6H3/q+1/t24-,25+,26+,27-,28+,29+,30-,31-,32-,33+/m1/s1. The summed E-state index contributed by atoms with van der Waals surface area (Å²) in [5, 5.41) is 30.7. The second-order valence-electron chi connectivity index (χ2n) is 16.0. The first-order chi connectivity index (χ1) is 17.9. The molecule has 1 heterocycles. The maximum Gasteiger partial charge on any atom is 0.147 e. The van der Waals surface area contributed by atoms with Gasteiger partial charge in [-0.25, -0.2) is 0 Å². The van der Waals surface area contributed by atoms with E-state index in [1.165, 1.54) is 44.9 Å². The van der Waals surface area contributed by atoms with Crippen molar-refractivity contribution in [3.63, 3.8) is 0 Å². The van der Waals surface area contributed by atoms with Gasteiger partial charge in [0.05, 0.1) is 26.4 Å². The van der Waals surface area contributed by atoms with E-state index in [0.717, 1.165) is 55.9 Å². The Bertz CT molecular complexity index is 843. The molecule has 0 bridgehead atoms. The van der Waals surface area contributed by atoms with Crippen LogP contribution in [0, 0.1) is 46.3 Å². The van der Waals surface area contributed by atoms with Gasteiger partial charge in [-0.05, 0) is 85.9 Å². The number of nitrogens with zero attached hydrogens (tertiary/aromatic N) is 1. The lowest BCUT2D eigenvalue weighted by atomic mass is 9.42. The molecule has 1 spiro atoms. The largest absolute Gasteiger partial charge is 0.393 e. The van der Waals surface area contributed by atoms with Gasteiger partial charge in [0.15, 0.2) is 0 Å². The maximum absolute atomic E-state index is 10.9. The van der Waals surface area contributed by atoms with E-state index in [4.69, 9.17) is 4.74 Å². The second-order valence-corrected chi connectivity index (χ2v) is 16.0. The van der Waals surface area contributed by atoms with Crippen molar-refractivity contribution in [1.82, 2.24) is 0 Å². The number of aliphatic hydroxyl groups excluding tert-OH is 3. The molecule has 0 aromatic carbocycles. The zero-order valence-electron chi connectivity index (χ0n) is 25.6. The molecule has 0 radical (unpaired) electrons. The molecule has 5 fully saturated rings. The van der Waals surface area contributed by atoms with Crippen molar-refractivity contribution in [3.8, 4) is 0 Å². The summed E-state index contributed by atoms with van der Waals surface area (Å²) in [5.41, 5.74) is 0.0792. The van der Waals surface area contributed by atoms with E-state index in [1.54, 1.807) is 0 Å². The van der Waals surface area contributed by atoms with E-state index >= 15 is 0 Å². The van der Waals surface area contributed by atoms with Crippen LogP contribution in [0.1, 0.15) is 105 Å². The molecule has 10 atom stereocenters. The third-order valence-corrected chi connectivity index (χ3v) is 13.4. The van der Waals surface area contributed by atoms with Gasteiger partial charge in [0.2, 0.25) is 0 Å². The Balaban J connectivity index is 1.43. The number of epoxide rings is 1. The zero-order chi connectivity index (χ0) is 27.6. The third kappa shape index (κ3) is 4.44. The van der Waals surface area contributed by atoms with Crippen molar-refractivity contribution in [2.45, 2.75) is 123 Å². The summed E-state index contributed by atoms with van der Waals surface area (Å²) in [5.74, 6) is 4.60. The molecule has 5 nitrogen and oxygen atoms in total. The average molecular weight is 535 g/mol. The van der Waals surface area contributed by atoms with Crippen LogP contribution in [0.15, 0.2) is 0 Å². The molecular weight excluding hydrogens is 474 g/mol. The summed E-state index contributed by atoms with van der Waals surface area (Å²) < 4.78 is 7.75. The van der Waals surface area contributed by atoms with Gasteiger partial charge >= 0.3 is 0 Å². The topological polar surface area (TPSA) is 73.2 Å². The first-order valence-electron chi connectivity index (χ1n) is 16.3. The maximum atomic E-state index is 10.9. The van der Waals surface area contributed by atoms with Crippen molar-refractivity contribution < 1.29 is 24.5 Å². The number of hydrogen-bond acceptors (Lipinski definition) is 4. The monoisotopic (exact) mass is 534 g/mol. The van der Waals surface area contributed by atoms with Crippen LogP contribution in [0.4, 0.5) is 0 Å². The Labute approximate surface area is 233 Å². The second kappa shape index (κ2) is 10.3. The van der Waals surface area contributed by atoms with Gasteiger partial charge in [-0.3, -0.25) is 0 Å². The third-order valence-electron chi connectivity index (χ3n) is 13.4. The quantitative estimate of drug-likeness (QED) is 0.245. The number of hydrogen-bond donors (Lipinski definition) is 3. The summed E-state index contributed by atoms with van der Waals surface area (Å²) >= 11 is 0. The van der Waals surface area contributed by atoms with Gasteiger partial charge in [0.25, 0.3) is 0 Å². The van der Waals surface area contributed by atoms with E-state index < -0.39 is 0 Å². The number of fused-ring (bicyclic) bond motifs is 4. The molecule has 0 aromatic rings. The minimum atomic E-state index is -0.271. The lowest BCUT2D eigenvalue weighted by Crippen LogP contribution is -2.65. The van der Waals surface area contributed by atoms with Crippen LogP contribution < -0.4 is 0 Å². The number of likely N-dealkylation sites (N-methyl/N-ethyl adjacent to an activating group) is 1. The highest BCUT2D eigenvalue weighted by Gasteiger charge is 2.85. The Morgan fingerprint density at radius 1 is 0.895 bits per heavy atom. The summed E-state index contributed by atoms with van der Waals surface area (Å²) in [6, 6.07) is 0. The SMILES string of the molecule is CC(C)CCC[C@@H](C)[C@H]1CC[C@H]2[C@@H]3C[C@]4(C[N+](C)(CCO)CCO)O[C@]45C[C@@H](O)CC[C@]5(C)[C@H]3CC[C@]12C. The lowest BCUT2D eigenvalue weighted by molar-refractivity contribution is -0.913. The van der Waals surface area contributed by atoms with Crippen LogP contribution in [0.25, 0.3) is 0 Å². The zero-order valence-corrected chi connectivity index (χ0v) is 25.6. The highest BCUT2D eigenvalue weighted by atomic mass is 16.6. The van der Waals surface area contributed by atoms with Gasteiger partial charge in [0.1, 0.15) is 30.8 Å². The summed E-state index contributed by atoms with van der Waals surface area (Å²) in [6.07, 6.45) is 13.1. The van der Waals surface area contributed by atoms with Gasteiger partial charge in [0, 0.05) is 11.8 Å². The molecule has 0 amide bonds. The first-order valence-corrected chi connectivity index (χ1v) is 16.3. The number of quaternary nitrogens is 1. The van der Waals surface area contributed by atoms with Crippen LogP contribution in [0.2, 0.25) is 0 Å². The molecule has 0 unspecified atom stereocenters. The van der Waals surface area contributed by atoms with Crippen LogP contribution in [-0.2, 0) is 4.74 Å². The summed E-state index contributed by atoms with van der Waals surface area (Å²) in [6.45, 7) is 14.8. The normalized spacial score (nSPS) is 46.7. The van der Waals surface area contributed by atoms with Crippen LogP contribution >= 0.6 is 0 Å². The summed E-state index contributed by atoms with van der Waals surface area (Å²) in [4.78, 5) is 0. The average Bonchev–Trinajstić information content (AvgIpc) is 3.28. The van der Waals surface area contributed by atoms with Gasteiger partial charge in [-0.2, -0.15) is 0 Å². The Kier molecular flexibility index (Phi) is 7.91. The van der Waals surface area contributed by atoms with Crippen molar-refractivity contribution >= 4 is 0 Å². The van der Waals surface area contributed by atoms with E-state index in [0.29, 0.717) is 34.8 Å². The van der Waals surface area contributed by atoms with Crippen molar-refractivity contribution in [1.29, 1.82) is 0 Å². The molecule has 0 aromatic heterocycles. The minimum absolute atomic E-state index is 0.112. The predicted molar refractivity (Wildman–Crippen MR) is 152 cm³/mol. The first kappa shape index (κ1) is 29.3. The van der Waals surface area contributed by atoms with Crippen LogP contribution in [0.3, 0.4) is 0 Å². The highest BCUT2D eigenvalue weighted by molar-refractivity contribution is 5.31. The minimum Gasteiger partial charge on any atom is -0.393 e. The van der Waals surface area contributed by atoms with Crippen molar-refractivity contribution in [2.24, 2.45) is 46.3 Å². The lowest BCUT2D eigenvalue weighted by Gasteiger charge is -2.61. The fraction of sp³-hybridized carbons (Fsp3) is 1.00. The van der Waals surface area contributed by atoms with Crippen LogP contribution in [0.5, 0.6) is 0 Å². The van der Waals surface area contributed by atoms with Crippen LogP contribution in [-0.4, -0.2) is 77.0 Å². The Morgan fingerprint density at radius 3 is 2.26 bits per heavy atom. The van der Waals surface area contributed by atoms with E-state index in [-0.39, 0.29) is 35.9 Å². The molecular formula is C33H60NO4+. The molecule has 5 aliphatic rings. The Morgan fingerprint density at radius 2 is 1.61 bits per heavy atom. The number of ether oxygens (including phenoxy) is 1. The molecule has 5 heteroatoms. The van der Waals surface area contributed by atoms with E-state index in [2.05, 4.69) is 41.7 Å². The predicted octanol–water partition coefficient (Wildman–Crippen LogP) is 5.40. The fourth-order valence-electron chi connectivity index (χ4n) is 11.6. The molecule has 1 saturated heterocycles. The van der Waals surface area contributed by atoms with Gasteiger partial charge in [-0.15, -0.1) is 0 Å². The van der Waals surface area contributed by atoms with Gasteiger partial charge in [-0.1, -0.05) is 53.9 Å². The fourth-order valence-corrected chi connectivity index (χ4v) is 11.6. The van der Waals surface area contributed by atoms with Crippen molar-refractivity contribution in [3.05, 3.63) is 0 Å². The number of rotatable bonds is 11. The van der Waals surface area contributed by atoms with E-state index in [1.807, 2.05) is 0 Å². The molecule has 38 heavy (non-hydrogen) atoms.